The lowest BCUT2D eigenvalue weighted by Gasteiger charge is -2.18. The van der Waals surface area contributed by atoms with E-state index in [0.29, 0.717) is 48.7 Å². The fourth-order valence-corrected chi connectivity index (χ4v) is 5.23. The molecule has 3 aliphatic heterocycles. The molecule has 3 amide bonds. The number of urea groups is 1. The molecule has 0 spiro atoms. The van der Waals surface area contributed by atoms with Crippen LogP contribution < -0.4 is 20.5 Å². The number of hydrogen-bond acceptors (Lipinski definition) is 8. The highest BCUT2D eigenvalue weighted by molar-refractivity contribution is 5.81. The summed E-state index contributed by atoms with van der Waals surface area (Å²) in [5.74, 6) is 3.60. The number of primary amides is 1. The van der Waals surface area contributed by atoms with Crippen molar-refractivity contribution in [2.45, 2.75) is 38.4 Å². The van der Waals surface area contributed by atoms with Crippen LogP contribution in [0.1, 0.15) is 30.7 Å². The molecule has 1 saturated carbocycles. The van der Waals surface area contributed by atoms with Crippen LogP contribution in [0, 0.1) is 5.92 Å². The van der Waals surface area contributed by atoms with Gasteiger partial charge < -0.3 is 30.3 Å². The minimum atomic E-state index is -0.495. The number of nitrogens with zero attached hydrogens (tertiary/aromatic N) is 6. The molecule has 12 heteroatoms. The SMILES string of the molecule is NC(=O)N1Cc2nc(-c3ccc4c(c3)OCO4)n(-c3ccnc(NC4CCN(C(=O)C5CC5)C4)n3)c2C1. The summed E-state index contributed by atoms with van der Waals surface area (Å²) >= 11 is 0. The van der Waals surface area contributed by atoms with Crippen LogP contribution in [0.2, 0.25) is 0 Å². The Bertz CT molecular complexity index is 1420. The zero-order chi connectivity index (χ0) is 25.1. The van der Waals surface area contributed by atoms with Crippen LogP contribution in [-0.2, 0) is 17.9 Å². The lowest BCUT2D eigenvalue weighted by atomic mass is 10.2. The first kappa shape index (κ1) is 21.9. The average Bonchev–Trinajstić information content (AvgIpc) is 3.23. The van der Waals surface area contributed by atoms with E-state index in [9.17, 15) is 9.59 Å². The van der Waals surface area contributed by atoms with Gasteiger partial charge in [0.15, 0.2) is 11.5 Å². The zero-order valence-corrected chi connectivity index (χ0v) is 20.1. The number of carbonyl (C=O) groups excluding carboxylic acids is 2. The number of fused-ring (bicyclic) bond motifs is 2. The molecule has 1 aromatic carbocycles. The number of likely N-dealkylation sites (tertiary alicyclic amines) is 1. The lowest BCUT2D eigenvalue weighted by Crippen LogP contribution is -2.32. The molecule has 5 heterocycles. The highest BCUT2D eigenvalue weighted by atomic mass is 16.7. The van der Waals surface area contributed by atoms with Crippen LogP contribution in [0.5, 0.6) is 11.5 Å². The third kappa shape index (κ3) is 3.88. The van der Waals surface area contributed by atoms with Gasteiger partial charge in [0.2, 0.25) is 18.6 Å². The molecule has 1 unspecified atom stereocenters. The summed E-state index contributed by atoms with van der Waals surface area (Å²) in [6, 6.07) is 7.09. The van der Waals surface area contributed by atoms with Gasteiger partial charge in [0, 0.05) is 36.8 Å². The van der Waals surface area contributed by atoms with Gasteiger partial charge in [-0.2, -0.15) is 4.98 Å². The van der Waals surface area contributed by atoms with E-state index in [-0.39, 0.29) is 24.7 Å². The molecule has 12 nitrogen and oxygen atoms in total. The predicted octanol–water partition coefficient (Wildman–Crippen LogP) is 1.88. The first-order valence-electron chi connectivity index (χ1n) is 12.5. The summed E-state index contributed by atoms with van der Waals surface area (Å²) in [4.78, 5) is 41.9. The molecule has 0 bridgehead atoms. The molecule has 7 rings (SSSR count). The van der Waals surface area contributed by atoms with Crippen molar-refractivity contribution in [1.82, 2.24) is 29.3 Å². The number of ether oxygens (including phenoxy) is 2. The van der Waals surface area contributed by atoms with Crippen LogP contribution >= 0.6 is 0 Å². The molecule has 1 aliphatic carbocycles. The number of rotatable bonds is 5. The summed E-state index contributed by atoms with van der Waals surface area (Å²) < 4.78 is 13.0. The molecule has 4 aliphatic rings. The van der Waals surface area contributed by atoms with E-state index >= 15 is 0 Å². The number of hydrogen-bond donors (Lipinski definition) is 2. The number of carbonyl (C=O) groups is 2. The summed E-state index contributed by atoms with van der Waals surface area (Å²) in [5, 5.41) is 3.40. The lowest BCUT2D eigenvalue weighted by molar-refractivity contribution is -0.131. The molecule has 1 saturated heterocycles. The van der Waals surface area contributed by atoms with Gasteiger partial charge in [-0.15, -0.1) is 0 Å². The van der Waals surface area contributed by atoms with Crippen molar-refractivity contribution in [3.63, 3.8) is 0 Å². The highest BCUT2D eigenvalue weighted by Gasteiger charge is 2.37. The monoisotopic (exact) mass is 502 g/mol. The quantitative estimate of drug-likeness (QED) is 0.539. The van der Waals surface area contributed by atoms with E-state index in [0.717, 1.165) is 42.8 Å². The van der Waals surface area contributed by atoms with E-state index < -0.39 is 6.03 Å². The maximum absolute atomic E-state index is 12.4. The maximum atomic E-state index is 12.4. The van der Waals surface area contributed by atoms with Gasteiger partial charge in [-0.1, -0.05) is 0 Å². The Hall–Kier alpha value is -4.35. The van der Waals surface area contributed by atoms with Gasteiger partial charge in [-0.25, -0.2) is 14.8 Å². The summed E-state index contributed by atoms with van der Waals surface area (Å²) in [6.07, 6.45) is 4.56. The number of aromatic nitrogens is 4. The Morgan fingerprint density at radius 1 is 1.03 bits per heavy atom. The van der Waals surface area contributed by atoms with Gasteiger partial charge in [0.25, 0.3) is 0 Å². The second-order valence-corrected chi connectivity index (χ2v) is 9.85. The van der Waals surface area contributed by atoms with Gasteiger partial charge >= 0.3 is 6.03 Å². The molecule has 3 aromatic rings. The maximum Gasteiger partial charge on any atom is 0.315 e. The second-order valence-electron chi connectivity index (χ2n) is 9.85. The number of nitrogens with two attached hydrogens (primary N) is 1. The average molecular weight is 503 g/mol. The molecule has 2 aromatic heterocycles. The number of anilines is 1. The molecule has 2 fully saturated rings. The molecule has 37 heavy (non-hydrogen) atoms. The fourth-order valence-electron chi connectivity index (χ4n) is 5.23. The minimum Gasteiger partial charge on any atom is -0.454 e. The molecular weight excluding hydrogens is 476 g/mol. The normalized spacial score (nSPS) is 19.8. The number of amides is 3. The summed E-state index contributed by atoms with van der Waals surface area (Å²) in [5.41, 5.74) is 8.01. The Balaban J connectivity index is 1.21. The first-order chi connectivity index (χ1) is 18.0. The van der Waals surface area contributed by atoms with Crippen LogP contribution in [0.4, 0.5) is 10.7 Å². The van der Waals surface area contributed by atoms with Crippen molar-refractivity contribution in [3.8, 4) is 28.7 Å². The van der Waals surface area contributed by atoms with Crippen molar-refractivity contribution in [2.75, 3.05) is 25.2 Å². The third-order valence-electron chi connectivity index (χ3n) is 7.31. The second kappa shape index (κ2) is 8.36. The van der Waals surface area contributed by atoms with Crippen molar-refractivity contribution >= 4 is 17.9 Å². The van der Waals surface area contributed by atoms with Crippen LogP contribution in [0.3, 0.4) is 0 Å². The summed E-state index contributed by atoms with van der Waals surface area (Å²) in [7, 11) is 0. The highest BCUT2D eigenvalue weighted by Crippen LogP contribution is 2.38. The van der Waals surface area contributed by atoms with Crippen molar-refractivity contribution < 1.29 is 19.1 Å². The van der Waals surface area contributed by atoms with E-state index in [2.05, 4.69) is 10.3 Å². The Labute approximate surface area is 212 Å². The van der Waals surface area contributed by atoms with Gasteiger partial charge in [-0.05, 0) is 43.5 Å². The first-order valence-corrected chi connectivity index (χ1v) is 12.5. The Morgan fingerprint density at radius 3 is 2.73 bits per heavy atom. The topological polar surface area (TPSA) is 141 Å². The Morgan fingerprint density at radius 2 is 1.89 bits per heavy atom. The number of benzene rings is 1. The van der Waals surface area contributed by atoms with E-state index in [1.54, 1.807) is 11.1 Å². The molecule has 3 N–H and O–H groups in total. The minimum absolute atomic E-state index is 0.0881. The number of imidazole rings is 1. The molecule has 0 radical (unpaired) electrons. The van der Waals surface area contributed by atoms with Crippen molar-refractivity contribution in [3.05, 3.63) is 41.9 Å². The van der Waals surface area contributed by atoms with Crippen molar-refractivity contribution in [2.24, 2.45) is 11.7 Å². The number of nitrogens with one attached hydrogen (secondary N) is 1. The predicted molar refractivity (Wildman–Crippen MR) is 131 cm³/mol. The van der Waals surface area contributed by atoms with Gasteiger partial charge in [0.05, 0.1) is 24.5 Å². The van der Waals surface area contributed by atoms with Gasteiger partial charge in [0.1, 0.15) is 11.6 Å². The summed E-state index contributed by atoms with van der Waals surface area (Å²) in [6.45, 7) is 2.25. The van der Waals surface area contributed by atoms with E-state index in [4.69, 9.17) is 25.2 Å². The van der Waals surface area contributed by atoms with Crippen LogP contribution in [-0.4, -0.2) is 67.2 Å². The van der Waals surface area contributed by atoms with E-state index in [1.807, 2.05) is 33.7 Å². The van der Waals surface area contributed by atoms with Gasteiger partial charge in [-0.3, -0.25) is 9.36 Å². The third-order valence-corrected chi connectivity index (χ3v) is 7.31. The standard InChI is InChI=1S/C25H26N8O4/c26-24(35)32-11-17-18(12-32)33(22(29-17)15-3-4-19-20(9-15)37-13-36-19)21-5-7-27-25(30-21)28-16-6-8-31(10-16)23(34)14-1-2-14/h3-5,7,9,14,16H,1-2,6,8,10-13H2,(H2,26,35)(H,27,28,30). The zero-order valence-electron chi connectivity index (χ0n) is 20.1. The largest absolute Gasteiger partial charge is 0.454 e. The fraction of sp³-hybridized carbons (Fsp3) is 0.400. The molecular formula is C25H26N8O4. The van der Waals surface area contributed by atoms with E-state index in [1.165, 1.54) is 0 Å². The Kier molecular flexibility index (Phi) is 4.94. The molecule has 1 atom stereocenters. The van der Waals surface area contributed by atoms with Crippen LogP contribution in [0.25, 0.3) is 17.2 Å². The van der Waals surface area contributed by atoms with Crippen molar-refractivity contribution in [1.29, 1.82) is 0 Å². The van der Waals surface area contributed by atoms with Crippen LogP contribution in [0.15, 0.2) is 30.5 Å². The smallest absolute Gasteiger partial charge is 0.315 e. The molecule has 190 valence electrons.